The van der Waals surface area contributed by atoms with Crippen molar-refractivity contribution in [2.45, 2.75) is 0 Å². The predicted octanol–water partition coefficient (Wildman–Crippen LogP) is 6.41. The van der Waals surface area contributed by atoms with Crippen molar-refractivity contribution >= 4 is 23.1 Å². The predicted molar refractivity (Wildman–Crippen MR) is 121 cm³/mol. The molecule has 3 heterocycles. The van der Waals surface area contributed by atoms with Crippen LogP contribution in [0.5, 0.6) is 0 Å². The van der Waals surface area contributed by atoms with Gasteiger partial charge in [-0.2, -0.15) is 0 Å². The van der Waals surface area contributed by atoms with Gasteiger partial charge in [-0.25, -0.2) is 8.78 Å². The summed E-state index contributed by atoms with van der Waals surface area (Å²) in [7, 11) is 0. The van der Waals surface area contributed by atoms with Crippen LogP contribution in [0.15, 0.2) is 79.0 Å². The van der Waals surface area contributed by atoms with Gasteiger partial charge in [0.05, 0.1) is 5.52 Å². The molecule has 0 aliphatic heterocycles. The number of aromatic nitrogens is 3. The van der Waals surface area contributed by atoms with E-state index >= 15 is 0 Å². The molecule has 0 fully saturated rings. The zero-order chi connectivity index (χ0) is 21.9. The van der Waals surface area contributed by atoms with E-state index in [0.29, 0.717) is 5.69 Å². The van der Waals surface area contributed by atoms with Crippen LogP contribution in [0, 0.1) is 24.0 Å². The zero-order valence-electron chi connectivity index (χ0n) is 17.1. The van der Waals surface area contributed by atoms with Crippen LogP contribution in [0.2, 0.25) is 0 Å². The molecule has 3 aromatic heterocycles. The SMILES string of the molecule is Fc1c[c-]c(-c2ccccn2)c(F)n1.[Ir].[c-]1ccccc1-c1cc2c3c(cccc3n1)C=C2. The van der Waals surface area contributed by atoms with E-state index in [4.69, 9.17) is 4.98 Å². The molecule has 0 amide bonds. The van der Waals surface area contributed by atoms with Crippen molar-refractivity contribution < 1.29 is 28.9 Å². The minimum Gasteiger partial charge on any atom is -0.305 e. The molecule has 1 aliphatic rings. The maximum absolute atomic E-state index is 13.1. The topological polar surface area (TPSA) is 38.7 Å². The number of rotatable bonds is 2. The summed E-state index contributed by atoms with van der Waals surface area (Å²) in [6.07, 6.45) is 5.83. The Hall–Kier alpha value is -3.60. The molecule has 2 aromatic carbocycles. The monoisotopic (exact) mass is 612 g/mol. The molecule has 33 heavy (non-hydrogen) atoms. The van der Waals surface area contributed by atoms with Crippen LogP contribution in [0.25, 0.3) is 45.6 Å². The summed E-state index contributed by atoms with van der Waals surface area (Å²) in [5.41, 5.74) is 6.07. The van der Waals surface area contributed by atoms with Crippen LogP contribution < -0.4 is 0 Å². The Bertz CT molecular complexity index is 1440. The number of pyridine rings is 3. The number of hydrogen-bond acceptors (Lipinski definition) is 3. The van der Waals surface area contributed by atoms with Crippen LogP contribution in [0.3, 0.4) is 0 Å². The summed E-state index contributed by atoms with van der Waals surface area (Å²) >= 11 is 0. The molecule has 0 atom stereocenters. The third-order valence-electron chi connectivity index (χ3n) is 4.99. The Labute approximate surface area is 203 Å². The minimum absolute atomic E-state index is 0. The van der Waals surface area contributed by atoms with Gasteiger partial charge in [0.25, 0.3) is 0 Å². The third kappa shape index (κ3) is 4.77. The van der Waals surface area contributed by atoms with E-state index in [1.165, 1.54) is 22.7 Å². The molecule has 0 spiro atoms. The molecule has 1 radical (unpaired) electrons. The van der Waals surface area contributed by atoms with Crippen LogP contribution in [0.4, 0.5) is 8.78 Å². The number of benzene rings is 2. The molecule has 163 valence electrons. The Balaban J connectivity index is 0.000000158. The molecule has 0 bridgehead atoms. The van der Waals surface area contributed by atoms with Gasteiger partial charge in [-0.05, 0) is 34.6 Å². The summed E-state index contributed by atoms with van der Waals surface area (Å²) in [5, 5.41) is 1.26. The maximum Gasteiger partial charge on any atom is 0.128 e. The van der Waals surface area contributed by atoms with Crippen molar-refractivity contribution in [3.63, 3.8) is 0 Å². The molecule has 6 heteroatoms. The number of hydrogen-bond donors (Lipinski definition) is 0. The smallest absolute Gasteiger partial charge is 0.128 e. The second-order valence-corrected chi connectivity index (χ2v) is 7.05. The first-order chi connectivity index (χ1) is 15.7. The van der Waals surface area contributed by atoms with Gasteiger partial charge in [-0.1, -0.05) is 54.1 Å². The fourth-order valence-electron chi connectivity index (χ4n) is 3.55. The van der Waals surface area contributed by atoms with Crippen LogP contribution in [-0.2, 0) is 20.1 Å². The van der Waals surface area contributed by atoms with Gasteiger partial charge in [0.2, 0.25) is 0 Å². The van der Waals surface area contributed by atoms with Crippen molar-refractivity contribution in [1.29, 1.82) is 0 Å². The van der Waals surface area contributed by atoms with Gasteiger partial charge in [-0.15, -0.1) is 42.0 Å². The van der Waals surface area contributed by atoms with Crippen LogP contribution >= 0.6 is 0 Å². The molecule has 0 unspecified atom stereocenters. The molecular formula is C27H15F2IrN3-2. The zero-order valence-corrected chi connectivity index (χ0v) is 19.5. The van der Waals surface area contributed by atoms with Gasteiger partial charge < -0.3 is 4.98 Å². The summed E-state index contributed by atoms with van der Waals surface area (Å²) < 4.78 is 25.6. The first kappa shape index (κ1) is 22.6. The standard InChI is InChI=1S/C17H10N.C10H5F2N2.Ir/c1-2-5-12(6-3-1)16-11-14-10-9-13-7-4-8-15(18-16)17(13)14;11-9-5-4-7(10(12)14-9)8-3-1-2-6-13-8;/h1-5,7-11H;1-3,5-6H;/q2*-1;. The quantitative estimate of drug-likeness (QED) is 0.168. The van der Waals surface area contributed by atoms with Crippen molar-refractivity contribution in [2.24, 2.45) is 0 Å². The van der Waals surface area contributed by atoms with Gasteiger partial charge in [0.15, 0.2) is 0 Å². The first-order valence-corrected chi connectivity index (χ1v) is 9.93. The fraction of sp³-hybridized carbons (Fsp3) is 0. The van der Waals surface area contributed by atoms with E-state index in [9.17, 15) is 8.78 Å². The average Bonchev–Trinajstić information content (AvgIpc) is 3.25. The van der Waals surface area contributed by atoms with Crippen molar-refractivity contribution in [1.82, 2.24) is 15.0 Å². The van der Waals surface area contributed by atoms with Gasteiger partial charge in [0.1, 0.15) is 11.9 Å². The van der Waals surface area contributed by atoms with Crippen molar-refractivity contribution in [2.75, 3.05) is 0 Å². The molecule has 1 aliphatic carbocycles. The Kier molecular flexibility index (Phi) is 6.78. The third-order valence-corrected chi connectivity index (χ3v) is 4.99. The molecule has 0 N–H and O–H groups in total. The second kappa shape index (κ2) is 9.90. The van der Waals surface area contributed by atoms with E-state index in [1.54, 1.807) is 18.2 Å². The van der Waals surface area contributed by atoms with Gasteiger partial charge in [-0.3, -0.25) is 9.97 Å². The summed E-state index contributed by atoms with van der Waals surface area (Å²) in [6, 6.07) is 28.0. The van der Waals surface area contributed by atoms with Crippen molar-refractivity contribution in [3.8, 4) is 22.5 Å². The van der Waals surface area contributed by atoms with Gasteiger partial charge >= 0.3 is 0 Å². The van der Waals surface area contributed by atoms with Crippen molar-refractivity contribution in [3.05, 3.63) is 114 Å². The maximum atomic E-state index is 13.1. The fourth-order valence-corrected chi connectivity index (χ4v) is 3.55. The van der Waals surface area contributed by atoms with Crippen LogP contribution in [0.1, 0.15) is 11.1 Å². The van der Waals surface area contributed by atoms with Gasteiger partial charge in [0, 0.05) is 31.7 Å². The van der Waals surface area contributed by atoms with E-state index < -0.39 is 11.9 Å². The summed E-state index contributed by atoms with van der Waals surface area (Å²) in [4.78, 5) is 11.7. The van der Waals surface area contributed by atoms with E-state index in [2.05, 4.69) is 58.5 Å². The Morgan fingerprint density at radius 3 is 2.36 bits per heavy atom. The van der Waals surface area contributed by atoms with E-state index in [1.807, 2.05) is 24.3 Å². The largest absolute Gasteiger partial charge is 0.305 e. The molecule has 5 aromatic rings. The molecule has 0 saturated carbocycles. The summed E-state index contributed by atoms with van der Waals surface area (Å²) in [6.45, 7) is 0. The summed E-state index contributed by atoms with van der Waals surface area (Å²) in [5.74, 6) is -1.79. The second-order valence-electron chi connectivity index (χ2n) is 7.05. The van der Waals surface area contributed by atoms with Crippen LogP contribution in [-0.4, -0.2) is 15.0 Å². The average molecular weight is 612 g/mol. The number of nitrogens with zero attached hydrogens (tertiary/aromatic N) is 3. The van der Waals surface area contributed by atoms with E-state index in [-0.39, 0.29) is 25.7 Å². The number of halogens is 2. The Morgan fingerprint density at radius 2 is 1.61 bits per heavy atom. The minimum atomic E-state index is -0.899. The first-order valence-electron chi connectivity index (χ1n) is 9.93. The normalized spacial score (nSPS) is 11.0. The van der Waals surface area contributed by atoms with E-state index in [0.717, 1.165) is 22.8 Å². The Morgan fingerprint density at radius 1 is 0.758 bits per heavy atom. The molecule has 6 rings (SSSR count). The molecular weight excluding hydrogens is 597 g/mol. The molecule has 0 saturated heterocycles. The molecule has 3 nitrogen and oxygen atoms in total.